The smallest absolute Gasteiger partial charge is 0.293 e. The molecule has 0 spiro atoms. The number of rotatable bonds is 9. The fourth-order valence-corrected chi connectivity index (χ4v) is 4.04. The molecule has 160 valence electrons. The SMILES string of the molecule is COCCNc1ccc(C(=O)NCC2(c3ccc(F)cc3)CCCC2)cc1[N+](=O)[O-]. The number of ether oxygens (including phenoxy) is 1. The first-order valence-corrected chi connectivity index (χ1v) is 10.0. The van der Waals surface area contributed by atoms with E-state index in [1.165, 1.54) is 24.3 Å². The first-order valence-electron chi connectivity index (χ1n) is 10.0. The third-order valence-corrected chi connectivity index (χ3v) is 5.68. The van der Waals surface area contributed by atoms with E-state index in [2.05, 4.69) is 10.6 Å². The quantitative estimate of drug-likeness (QED) is 0.366. The minimum absolute atomic E-state index is 0.159. The molecule has 1 aliphatic rings. The Morgan fingerprint density at radius 2 is 1.90 bits per heavy atom. The van der Waals surface area contributed by atoms with Crippen molar-refractivity contribution in [1.82, 2.24) is 5.32 Å². The van der Waals surface area contributed by atoms with Crippen molar-refractivity contribution in [3.8, 4) is 0 Å². The molecule has 1 aliphatic carbocycles. The van der Waals surface area contributed by atoms with Gasteiger partial charge in [-0.1, -0.05) is 25.0 Å². The molecule has 1 saturated carbocycles. The minimum Gasteiger partial charge on any atom is -0.383 e. The van der Waals surface area contributed by atoms with Crippen LogP contribution >= 0.6 is 0 Å². The molecule has 0 heterocycles. The third kappa shape index (κ3) is 4.94. The maximum Gasteiger partial charge on any atom is 0.293 e. The molecule has 7 nitrogen and oxygen atoms in total. The summed E-state index contributed by atoms with van der Waals surface area (Å²) in [7, 11) is 1.55. The molecule has 0 saturated heterocycles. The molecule has 0 aromatic heterocycles. The number of amides is 1. The number of nitrogens with one attached hydrogen (secondary N) is 2. The summed E-state index contributed by atoms with van der Waals surface area (Å²) in [6.45, 7) is 1.23. The second kappa shape index (κ2) is 9.67. The normalized spacial score (nSPS) is 15.0. The first-order chi connectivity index (χ1) is 14.4. The van der Waals surface area contributed by atoms with Gasteiger partial charge < -0.3 is 15.4 Å². The molecule has 30 heavy (non-hydrogen) atoms. The molecule has 0 radical (unpaired) electrons. The van der Waals surface area contributed by atoms with Crippen LogP contribution in [-0.2, 0) is 10.2 Å². The Balaban J connectivity index is 1.73. The zero-order valence-corrected chi connectivity index (χ0v) is 16.9. The fraction of sp³-hybridized carbons (Fsp3) is 0.409. The van der Waals surface area contributed by atoms with Crippen molar-refractivity contribution in [2.45, 2.75) is 31.1 Å². The van der Waals surface area contributed by atoms with E-state index in [4.69, 9.17) is 4.74 Å². The Hall–Kier alpha value is -3.00. The molecule has 0 bridgehead atoms. The molecule has 2 aromatic rings. The highest BCUT2D eigenvalue weighted by Gasteiger charge is 2.36. The molecule has 1 fully saturated rings. The van der Waals surface area contributed by atoms with Crippen molar-refractivity contribution in [2.75, 3.05) is 32.1 Å². The van der Waals surface area contributed by atoms with Crippen LogP contribution in [0.2, 0.25) is 0 Å². The largest absolute Gasteiger partial charge is 0.383 e. The number of nitro groups is 1. The number of hydrogen-bond donors (Lipinski definition) is 2. The summed E-state index contributed by atoms with van der Waals surface area (Å²) in [5, 5.41) is 17.3. The van der Waals surface area contributed by atoms with Gasteiger partial charge >= 0.3 is 0 Å². The highest BCUT2D eigenvalue weighted by atomic mass is 19.1. The van der Waals surface area contributed by atoms with E-state index in [0.717, 1.165) is 31.2 Å². The number of anilines is 1. The van der Waals surface area contributed by atoms with Gasteiger partial charge in [0.1, 0.15) is 11.5 Å². The molecule has 1 amide bonds. The van der Waals surface area contributed by atoms with Crippen LogP contribution in [0.25, 0.3) is 0 Å². The zero-order chi connectivity index (χ0) is 21.6. The summed E-state index contributed by atoms with van der Waals surface area (Å²) in [6, 6.07) is 10.8. The number of carbonyl (C=O) groups is 1. The van der Waals surface area contributed by atoms with E-state index in [-0.39, 0.29) is 28.4 Å². The predicted octanol–water partition coefficient (Wildman–Crippen LogP) is 4.03. The lowest BCUT2D eigenvalue weighted by atomic mass is 9.78. The summed E-state index contributed by atoms with van der Waals surface area (Å²) in [5.41, 5.74) is 1.17. The number of nitro benzene ring substituents is 1. The topological polar surface area (TPSA) is 93.5 Å². The molecule has 3 rings (SSSR count). The van der Waals surface area contributed by atoms with E-state index in [0.29, 0.717) is 25.4 Å². The van der Waals surface area contributed by atoms with Gasteiger partial charge in [-0.05, 0) is 42.7 Å². The maximum absolute atomic E-state index is 13.3. The van der Waals surface area contributed by atoms with E-state index in [9.17, 15) is 19.3 Å². The average molecular weight is 415 g/mol. The first kappa shape index (κ1) is 21.7. The van der Waals surface area contributed by atoms with Crippen LogP contribution in [0.1, 0.15) is 41.6 Å². The summed E-state index contributed by atoms with van der Waals surface area (Å²) >= 11 is 0. The van der Waals surface area contributed by atoms with Crippen LogP contribution in [0.5, 0.6) is 0 Å². The molecule has 0 unspecified atom stereocenters. The second-order valence-electron chi connectivity index (χ2n) is 7.59. The average Bonchev–Trinajstić information content (AvgIpc) is 3.23. The summed E-state index contributed by atoms with van der Waals surface area (Å²) in [6.07, 6.45) is 3.89. The number of halogens is 1. The van der Waals surface area contributed by atoms with Crippen LogP contribution in [-0.4, -0.2) is 37.6 Å². The molecule has 0 aliphatic heterocycles. The highest BCUT2D eigenvalue weighted by Crippen LogP contribution is 2.40. The lowest BCUT2D eigenvalue weighted by Crippen LogP contribution is -2.39. The van der Waals surface area contributed by atoms with E-state index < -0.39 is 4.92 Å². The van der Waals surface area contributed by atoms with Gasteiger partial charge in [-0.15, -0.1) is 0 Å². The van der Waals surface area contributed by atoms with Gasteiger partial charge in [0.05, 0.1) is 11.5 Å². The summed E-state index contributed by atoms with van der Waals surface area (Å²) in [4.78, 5) is 23.7. The number of benzene rings is 2. The van der Waals surface area contributed by atoms with Gasteiger partial charge in [0.2, 0.25) is 0 Å². The molecular formula is C22H26FN3O4. The summed E-state index contributed by atoms with van der Waals surface area (Å²) < 4.78 is 18.3. The van der Waals surface area contributed by atoms with Crippen molar-refractivity contribution in [2.24, 2.45) is 0 Å². The van der Waals surface area contributed by atoms with Crippen LogP contribution < -0.4 is 10.6 Å². The van der Waals surface area contributed by atoms with Crippen LogP contribution in [0.15, 0.2) is 42.5 Å². The Morgan fingerprint density at radius 1 is 1.20 bits per heavy atom. The molecular weight excluding hydrogens is 389 g/mol. The van der Waals surface area contributed by atoms with Crippen molar-refractivity contribution < 1.29 is 18.8 Å². The number of carbonyl (C=O) groups excluding carboxylic acids is 1. The Labute approximate surface area is 174 Å². The van der Waals surface area contributed by atoms with E-state index in [1.807, 2.05) is 0 Å². The van der Waals surface area contributed by atoms with Gasteiger partial charge in [-0.3, -0.25) is 14.9 Å². The van der Waals surface area contributed by atoms with E-state index in [1.54, 1.807) is 25.3 Å². The third-order valence-electron chi connectivity index (χ3n) is 5.68. The minimum atomic E-state index is -0.511. The second-order valence-corrected chi connectivity index (χ2v) is 7.59. The molecule has 2 N–H and O–H groups in total. The van der Waals surface area contributed by atoms with Crippen LogP contribution in [0.4, 0.5) is 15.8 Å². The highest BCUT2D eigenvalue weighted by molar-refractivity contribution is 5.95. The van der Waals surface area contributed by atoms with Gasteiger partial charge in [0.25, 0.3) is 11.6 Å². The van der Waals surface area contributed by atoms with Crippen LogP contribution in [0, 0.1) is 15.9 Å². The van der Waals surface area contributed by atoms with Crippen molar-refractivity contribution >= 4 is 17.3 Å². The van der Waals surface area contributed by atoms with Crippen molar-refractivity contribution in [3.05, 3.63) is 69.5 Å². The Morgan fingerprint density at radius 3 is 2.53 bits per heavy atom. The zero-order valence-electron chi connectivity index (χ0n) is 16.9. The summed E-state index contributed by atoms with van der Waals surface area (Å²) in [5.74, 6) is -0.655. The van der Waals surface area contributed by atoms with Gasteiger partial charge in [0.15, 0.2) is 0 Å². The Kier molecular flexibility index (Phi) is 6.99. The Bertz CT molecular complexity index is 896. The van der Waals surface area contributed by atoms with Gasteiger partial charge in [-0.2, -0.15) is 0 Å². The maximum atomic E-state index is 13.3. The number of nitrogens with zero attached hydrogens (tertiary/aromatic N) is 1. The fourth-order valence-electron chi connectivity index (χ4n) is 4.04. The molecule has 0 atom stereocenters. The number of methoxy groups -OCH3 is 1. The lowest BCUT2D eigenvalue weighted by Gasteiger charge is -2.30. The van der Waals surface area contributed by atoms with Crippen molar-refractivity contribution in [3.63, 3.8) is 0 Å². The number of hydrogen-bond acceptors (Lipinski definition) is 5. The lowest BCUT2D eigenvalue weighted by molar-refractivity contribution is -0.384. The molecule has 2 aromatic carbocycles. The van der Waals surface area contributed by atoms with E-state index >= 15 is 0 Å². The van der Waals surface area contributed by atoms with Gasteiger partial charge in [0, 0.05) is 37.2 Å². The monoisotopic (exact) mass is 415 g/mol. The molecule has 8 heteroatoms. The van der Waals surface area contributed by atoms with Crippen molar-refractivity contribution in [1.29, 1.82) is 0 Å². The van der Waals surface area contributed by atoms with Crippen LogP contribution in [0.3, 0.4) is 0 Å². The van der Waals surface area contributed by atoms with Gasteiger partial charge in [-0.25, -0.2) is 4.39 Å². The standard InChI is InChI=1S/C22H26FN3O4/c1-30-13-12-24-19-9-4-16(14-20(19)26(28)29)21(27)25-15-22(10-2-3-11-22)17-5-7-18(23)8-6-17/h4-9,14,24H,2-3,10-13,15H2,1H3,(H,25,27). The predicted molar refractivity (Wildman–Crippen MR) is 112 cm³/mol.